The molecular formula is C25H50N2O2. The second-order valence-corrected chi connectivity index (χ2v) is 9.44. The highest BCUT2D eigenvalue weighted by molar-refractivity contribution is 5.76. The largest absolute Gasteiger partial charge is 0.393 e. The third kappa shape index (κ3) is 20.2. The first-order valence-electron chi connectivity index (χ1n) is 12.2. The molecule has 4 nitrogen and oxygen atoms in total. The smallest absolute Gasteiger partial charge is 0.221 e. The molecule has 0 aromatic rings. The number of nitrogens with one attached hydrogen (secondary N) is 2. The minimum absolute atomic E-state index is 0.00905. The summed E-state index contributed by atoms with van der Waals surface area (Å²) in [6, 6.07) is 0. The molecule has 0 fully saturated rings. The van der Waals surface area contributed by atoms with Gasteiger partial charge in [-0.15, -0.1) is 0 Å². The van der Waals surface area contributed by atoms with Crippen molar-refractivity contribution in [3.05, 3.63) is 12.2 Å². The van der Waals surface area contributed by atoms with Gasteiger partial charge in [0.2, 0.25) is 5.91 Å². The van der Waals surface area contributed by atoms with Gasteiger partial charge in [0, 0.05) is 12.0 Å². The lowest BCUT2D eigenvalue weighted by Crippen LogP contribution is -2.52. The number of carbonyl (C=O) groups excluding carboxylic acids is 1. The Balaban J connectivity index is 3.57. The van der Waals surface area contributed by atoms with Gasteiger partial charge in [-0.25, -0.2) is 0 Å². The number of carbonyl (C=O) groups is 1. The van der Waals surface area contributed by atoms with Gasteiger partial charge in [-0.05, 0) is 59.3 Å². The van der Waals surface area contributed by atoms with Crippen LogP contribution in [0.3, 0.4) is 0 Å². The highest BCUT2D eigenvalue weighted by Crippen LogP contribution is 2.11. The first kappa shape index (κ1) is 28.1. The second kappa shape index (κ2) is 17.9. The molecule has 0 heterocycles. The van der Waals surface area contributed by atoms with Crippen molar-refractivity contribution < 1.29 is 9.90 Å². The third-order valence-electron chi connectivity index (χ3n) is 5.09. The molecule has 29 heavy (non-hydrogen) atoms. The van der Waals surface area contributed by atoms with Gasteiger partial charge in [0.1, 0.15) is 0 Å². The average molecular weight is 411 g/mol. The van der Waals surface area contributed by atoms with E-state index in [1.54, 1.807) is 0 Å². The van der Waals surface area contributed by atoms with Crippen LogP contribution in [0.25, 0.3) is 0 Å². The van der Waals surface area contributed by atoms with E-state index < -0.39 is 0 Å². The van der Waals surface area contributed by atoms with E-state index in [9.17, 15) is 9.90 Å². The van der Waals surface area contributed by atoms with Crippen LogP contribution < -0.4 is 10.6 Å². The zero-order valence-electron chi connectivity index (χ0n) is 20.1. The molecule has 0 radical (unpaired) electrons. The van der Waals surface area contributed by atoms with Crippen LogP contribution in [-0.4, -0.2) is 28.8 Å². The van der Waals surface area contributed by atoms with Gasteiger partial charge in [0.15, 0.2) is 0 Å². The molecule has 1 amide bonds. The van der Waals surface area contributed by atoms with Crippen molar-refractivity contribution in [2.24, 2.45) is 0 Å². The van der Waals surface area contributed by atoms with Crippen LogP contribution in [0.4, 0.5) is 0 Å². The van der Waals surface area contributed by atoms with Crippen molar-refractivity contribution in [2.45, 2.75) is 142 Å². The quantitative estimate of drug-likeness (QED) is 0.142. The molecule has 172 valence electrons. The van der Waals surface area contributed by atoms with Crippen molar-refractivity contribution in [3.63, 3.8) is 0 Å². The van der Waals surface area contributed by atoms with Crippen LogP contribution in [0.5, 0.6) is 0 Å². The molecule has 0 spiro atoms. The fourth-order valence-electron chi connectivity index (χ4n) is 3.40. The van der Waals surface area contributed by atoms with E-state index >= 15 is 0 Å². The fourth-order valence-corrected chi connectivity index (χ4v) is 3.40. The molecule has 2 atom stereocenters. The first-order chi connectivity index (χ1) is 13.8. The molecule has 0 saturated carbocycles. The van der Waals surface area contributed by atoms with Crippen LogP contribution >= 0.6 is 0 Å². The molecule has 0 aromatic heterocycles. The molecular weight excluding hydrogens is 360 g/mol. The van der Waals surface area contributed by atoms with Gasteiger partial charge < -0.3 is 10.4 Å². The molecule has 0 aliphatic rings. The molecule has 0 aliphatic heterocycles. The standard InChI is InChI=1S/C25H50N2O2/c1-6-8-9-16-19-22(28)20-17-14-12-10-11-13-15-18-21-24(29)26-23(7-2)27-25(3,4)5/h14,17,22-23,27-28H,6-13,15-16,18-21H2,1-5H3,(H,26,29)/b17-14-/t22-,23?/m1/s1. The number of unbranched alkanes of at least 4 members (excludes halogenated alkanes) is 8. The molecule has 3 N–H and O–H groups in total. The number of rotatable bonds is 18. The Morgan fingerprint density at radius 2 is 1.59 bits per heavy atom. The average Bonchev–Trinajstić information content (AvgIpc) is 2.65. The summed E-state index contributed by atoms with van der Waals surface area (Å²) in [4.78, 5) is 12.1. The van der Waals surface area contributed by atoms with E-state index in [0.717, 1.165) is 44.9 Å². The number of hydrogen-bond acceptors (Lipinski definition) is 3. The summed E-state index contributed by atoms with van der Waals surface area (Å²) in [5, 5.41) is 16.5. The summed E-state index contributed by atoms with van der Waals surface area (Å²) in [5.41, 5.74) is 0.00905. The normalized spacial score (nSPS) is 14.3. The predicted molar refractivity (Wildman–Crippen MR) is 126 cm³/mol. The Labute approximate surface area is 181 Å². The number of aliphatic hydroxyl groups excluding tert-OH is 1. The maximum Gasteiger partial charge on any atom is 0.221 e. The van der Waals surface area contributed by atoms with E-state index in [4.69, 9.17) is 0 Å². The zero-order valence-corrected chi connectivity index (χ0v) is 20.1. The zero-order chi connectivity index (χ0) is 22.0. The molecule has 0 saturated heterocycles. The summed E-state index contributed by atoms with van der Waals surface area (Å²) >= 11 is 0. The van der Waals surface area contributed by atoms with Gasteiger partial charge in [-0.2, -0.15) is 0 Å². The lowest BCUT2D eigenvalue weighted by molar-refractivity contribution is -0.122. The van der Waals surface area contributed by atoms with E-state index in [0.29, 0.717) is 6.42 Å². The Morgan fingerprint density at radius 1 is 0.931 bits per heavy atom. The van der Waals surface area contributed by atoms with Gasteiger partial charge >= 0.3 is 0 Å². The monoisotopic (exact) mass is 410 g/mol. The summed E-state index contributed by atoms with van der Waals surface area (Å²) < 4.78 is 0. The second-order valence-electron chi connectivity index (χ2n) is 9.44. The van der Waals surface area contributed by atoms with Gasteiger partial charge in [-0.1, -0.05) is 70.9 Å². The third-order valence-corrected chi connectivity index (χ3v) is 5.09. The minimum Gasteiger partial charge on any atom is -0.393 e. The van der Waals surface area contributed by atoms with E-state index in [1.807, 2.05) is 0 Å². The highest BCUT2D eigenvalue weighted by Gasteiger charge is 2.17. The topological polar surface area (TPSA) is 61.4 Å². The lowest BCUT2D eigenvalue weighted by Gasteiger charge is -2.28. The Bertz CT molecular complexity index is 416. The van der Waals surface area contributed by atoms with Gasteiger partial charge in [0.25, 0.3) is 0 Å². The SMILES string of the molecule is CCCCCC[C@@H](O)C/C=C\CCCCCCCC(=O)NC(CC)NC(C)(C)C. The maximum absolute atomic E-state index is 12.1. The summed E-state index contributed by atoms with van der Waals surface area (Å²) in [6.45, 7) is 10.7. The first-order valence-corrected chi connectivity index (χ1v) is 12.2. The molecule has 0 bridgehead atoms. The summed E-state index contributed by atoms with van der Waals surface area (Å²) in [5.74, 6) is 0.157. The van der Waals surface area contributed by atoms with E-state index in [2.05, 4.69) is 57.4 Å². The van der Waals surface area contributed by atoms with Crippen LogP contribution in [0, 0.1) is 0 Å². The van der Waals surface area contributed by atoms with Crippen LogP contribution in [0.2, 0.25) is 0 Å². The number of amides is 1. The van der Waals surface area contributed by atoms with Crippen molar-refractivity contribution in [1.29, 1.82) is 0 Å². The summed E-state index contributed by atoms with van der Waals surface area (Å²) in [7, 11) is 0. The minimum atomic E-state index is -0.167. The van der Waals surface area contributed by atoms with Gasteiger partial charge in [-0.3, -0.25) is 10.1 Å². The van der Waals surface area contributed by atoms with E-state index in [-0.39, 0.29) is 23.7 Å². The van der Waals surface area contributed by atoms with Gasteiger partial charge in [0.05, 0.1) is 12.3 Å². The Kier molecular flexibility index (Phi) is 17.4. The van der Waals surface area contributed by atoms with Crippen LogP contribution in [0.15, 0.2) is 12.2 Å². The molecule has 0 rings (SSSR count). The van der Waals surface area contributed by atoms with E-state index in [1.165, 1.54) is 38.5 Å². The lowest BCUT2D eigenvalue weighted by atomic mass is 10.1. The van der Waals surface area contributed by atoms with Crippen molar-refractivity contribution >= 4 is 5.91 Å². The Hall–Kier alpha value is -0.870. The number of allylic oxidation sites excluding steroid dienone is 1. The Morgan fingerprint density at radius 3 is 2.24 bits per heavy atom. The van der Waals surface area contributed by atoms with Crippen LogP contribution in [-0.2, 0) is 4.79 Å². The molecule has 4 heteroatoms. The van der Waals surface area contributed by atoms with Crippen molar-refractivity contribution in [1.82, 2.24) is 10.6 Å². The molecule has 1 unspecified atom stereocenters. The fraction of sp³-hybridized carbons (Fsp3) is 0.880. The van der Waals surface area contributed by atoms with Crippen molar-refractivity contribution in [2.75, 3.05) is 0 Å². The molecule has 0 aliphatic carbocycles. The van der Waals surface area contributed by atoms with Crippen molar-refractivity contribution in [3.8, 4) is 0 Å². The van der Waals surface area contributed by atoms with Crippen LogP contribution in [0.1, 0.15) is 125 Å². The summed E-state index contributed by atoms with van der Waals surface area (Å²) in [6.07, 6.45) is 19.2. The predicted octanol–water partition coefficient (Wildman–Crippen LogP) is 6.24. The highest BCUT2D eigenvalue weighted by atomic mass is 16.3. The molecule has 0 aromatic carbocycles. The number of hydrogen-bond donors (Lipinski definition) is 3. The number of aliphatic hydroxyl groups is 1. The maximum atomic E-state index is 12.1.